The first-order chi connectivity index (χ1) is 7.01. The molecule has 0 heterocycles. The van der Waals surface area contributed by atoms with Crippen molar-refractivity contribution >= 4 is 11.9 Å². The van der Waals surface area contributed by atoms with E-state index in [1.165, 1.54) is 0 Å². The standard InChI is InChI=1S/C9H18N2O4/c1-2-6(10)5-8(13)11-7(3-4-12)9(14)15/h6-7,12H,2-5,10H2,1H3,(H,11,13)(H,14,15)/t6?,7-/m0/s1. The third-order valence-corrected chi connectivity index (χ3v) is 2.02. The smallest absolute Gasteiger partial charge is 0.326 e. The molecule has 0 aromatic carbocycles. The summed E-state index contributed by atoms with van der Waals surface area (Å²) < 4.78 is 0. The zero-order valence-electron chi connectivity index (χ0n) is 8.77. The second-order valence-corrected chi connectivity index (χ2v) is 3.34. The van der Waals surface area contributed by atoms with Crippen LogP contribution in [-0.4, -0.2) is 40.8 Å². The van der Waals surface area contributed by atoms with Gasteiger partial charge in [0.25, 0.3) is 0 Å². The summed E-state index contributed by atoms with van der Waals surface area (Å²) in [5, 5.41) is 19.6. The number of hydrogen-bond donors (Lipinski definition) is 4. The normalized spacial score (nSPS) is 14.3. The van der Waals surface area contributed by atoms with Crippen molar-refractivity contribution < 1.29 is 19.8 Å². The Labute approximate surface area is 88.5 Å². The number of aliphatic carboxylic acids is 1. The monoisotopic (exact) mass is 218 g/mol. The molecule has 5 N–H and O–H groups in total. The summed E-state index contributed by atoms with van der Waals surface area (Å²) in [5.41, 5.74) is 5.54. The zero-order chi connectivity index (χ0) is 11.8. The van der Waals surface area contributed by atoms with Crippen molar-refractivity contribution in [1.82, 2.24) is 5.32 Å². The number of nitrogens with one attached hydrogen (secondary N) is 1. The topological polar surface area (TPSA) is 113 Å². The van der Waals surface area contributed by atoms with Crippen LogP contribution in [0.1, 0.15) is 26.2 Å². The van der Waals surface area contributed by atoms with E-state index < -0.39 is 17.9 Å². The van der Waals surface area contributed by atoms with E-state index in [2.05, 4.69) is 5.32 Å². The van der Waals surface area contributed by atoms with Crippen molar-refractivity contribution in [3.63, 3.8) is 0 Å². The lowest BCUT2D eigenvalue weighted by atomic mass is 10.1. The maximum atomic E-state index is 11.3. The minimum atomic E-state index is -1.15. The number of amides is 1. The molecule has 0 rings (SSSR count). The summed E-state index contributed by atoms with van der Waals surface area (Å²) in [7, 11) is 0. The minimum absolute atomic E-state index is 0.00242. The quantitative estimate of drug-likeness (QED) is 0.441. The second-order valence-electron chi connectivity index (χ2n) is 3.34. The number of aliphatic hydroxyl groups is 1. The predicted molar refractivity (Wildman–Crippen MR) is 54.2 cm³/mol. The van der Waals surface area contributed by atoms with E-state index in [0.29, 0.717) is 6.42 Å². The molecule has 0 fully saturated rings. The van der Waals surface area contributed by atoms with Gasteiger partial charge in [-0.05, 0) is 6.42 Å². The van der Waals surface area contributed by atoms with Gasteiger partial charge in [0.05, 0.1) is 0 Å². The van der Waals surface area contributed by atoms with Crippen LogP contribution in [-0.2, 0) is 9.59 Å². The molecule has 1 unspecified atom stereocenters. The van der Waals surface area contributed by atoms with Gasteiger partial charge in [-0.1, -0.05) is 6.92 Å². The average molecular weight is 218 g/mol. The summed E-state index contributed by atoms with van der Waals surface area (Å²) in [6, 6.07) is -1.29. The number of hydrogen-bond acceptors (Lipinski definition) is 4. The fraction of sp³-hybridized carbons (Fsp3) is 0.778. The molecule has 0 spiro atoms. The lowest BCUT2D eigenvalue weighted by Crippen LogP contribution is -2.43. The number of aliphatic hydroxyl groups excluding tert-OH is 1. The first-order valence-electron chi connectivity index (χ1n) is 4.89. The number of carbonyl (C=O) groups is 2. The average Bonchev–Trinajstić information content (AvgIpc) is 2.16. The molecule has 2 atom stereocenters. The Hall–Kier alpha value is -1.14. The predicted octanol–water partition coefficient (Wildman–Crippen LogP) is -0.934. The molecular weight excluding hydrogens is 200 g/mol. The summed E-state index contributed by atoms with van der Waals surface area (Å²) in [4.78, 5) is 21.9. The maximum Gasteiger partial charge on any atom is 0.326 e. The molecule has 0 radical (unpaired) electrons. The Bertz CT molecular complexity index is 220. The Morgan fingerprint density at radius 2 is 2.07 bits per heavy atom. The molecule has 88 valence electrons. The molecular formula is C9H18N2O4. The molecule has 1 amide bonds. The number of carboxylic acids is 1. The van der Waals surface area contributed by atoms with E-state index in [1.807, 2.05) is 6.92 Å². The van der Waals surface area contributed by atoms with Gasteiger partial charge in [-0.2, -0.15) is 0 Å². The van der Waals surface area contributed by atoms with Gasteiger partial charge in [0.1, 0.15) is 6.04 Å². The Kier molecular flexibility index (Phi) is 6.64. The van der Waals surface area contributed by atoms with Crippen molar-refractivity contribution in [1.29, 1.82) is 0 Å². The van der Waals surface area contributed by atoms with Gasteiger partial charge in [-0.15, -0.1) is 0 Å². The third-order valence-electron chi connectivity index (χ3n) is 2.02. The van der Waals surface area contributed by atoms with Crippen molar-refractivity contribution in [2.75, 3.05) is 6.61 Å². The van der Waals surface area contributed by atoms with E-state index in [9.17, 15) is 9.59 Å². The number of nitrogens with two attached hydrogens (primary N) is 1. The van der Waals surface area contributed by atoms with E-state index in [-0.39, 0.29) is 25.5 Å². The van der Waals surface area contributed by atoms with Gasteiger partial charge in [0, 0.05) is 25.5 Å². The molecule has 0 aromatic rings. The molecule has 15 heavy (non-hydrogen) atoms. The van der Waals surface area contributed by atoms with E-state index >= 15 is 0 Å². The Morgan fingerprint density at radius 1 is 1.47 bits per heavy atom. The highest BCUT2D eigenvalue weighted by Crippen LogP contribution is 1.96. The van der Waals surface area contributed by atoms with Gasteiger partial charge < -0.3 is 21.3 Å². The van der Waals surface area contributed by atoms with Crippen LogP contribution < -0.4 is 11.1 Å². The lowest BCUT2D eigenvalue weighted by Gasteiger charge is -2.14. The van der Waals surface area contributed by atoms with E-state index in [4.69, 9.17) is 15.9 Å². The van der Waals surface area contributed by atoms with Crippen LogP contribution in [0.3, 0.4) is 0 Å². The fourth-order valence-electron chi connectivity index (χ4n) is 1.02. The van der Waals surface area contributed by atoms with Crippen molar-refractivity contribution in [2.24, 2.45) is 5.73 Å². The first kappa shape index (κ1) is 13.9. The van der Waals surface area contributed by atoms with Crippen LogP contribution in [0.2, 0.25) is 0 Å². The molecule has 0 saturated carbocycles. The summed E-state index contributed by atoms with van der Waals surface area (Å²) in [6.45, 7) is 1.57. The van der Waals surface area contributed by atoms with Crippen molar-refractivity contribution in [3.8, 4) is 0 Å². The third kappa shape index (κ3) is 6.03. The highest BCUT2D eigenvalue weighted by Gasteiger charge is 2.19. The minimum Gasteiger partial charge on any atom is -0.480 e. The van der Waals surface area contributed by atoms with Gasteiger partial charge in [-0.25, -0.2) is 4.79 Å². The van der Waals surface area contributed by atoms with Gasteiger partial charge in [-0.3, -0.25) is 4.79 Å². The molecule has 0 aliphatic rings. The Balaban J connectivity index is 4.05. The highest BCUT2D eigenvalue weighted by atomic mass is 16.4. The first-order valence-corrected chi connectivity index (χ1v) is 4.89. The van der Waals surface area contributed by atoms with Crippen LogP contribution >= 0.6 is 0 Å². The number of carbonyl (C=O) groups excluding carboxylic acids is 1. The van der Waals surface area contributed by atoms with Gasteiger partial charge in [0.2, 0.25) is 5.91 Å². The van der Waals surface area contributed by atoms with Crippen LogP contribution in [0.4, 0.5) is 0 Å². The summed E-state index contributed by atoms with van der Waals surface area (Å²) in [6.07, 6.45) is 0.763. The largest absolute Gasteiger partial charge is 0.480 e. The second kappa shape index (κ2) is 7.19. The van der Waals surface area contributed by atoms with E-state index in [0.717, 1.165) is 0 Å². The summed E-state index contributed by atoms with van der Waals surface area (Å²) in [5.74, 6) is -1.55. The van der Waals surface area contributed by atoms with Crippen molar-refractivity contribution in [3.05, 3.63) is 0 Å². The van der Waals surface area contributed by atoms with Crippen LogP contribution in [0.15, 0.2) is 0 Å². The molecule has 0 bridgehead atoms. The molecule has 6 nitrogen and oxygen atoms in total. The maximum absolute atomic E-state index is 11.3. The lowest BCUT2D eigenvalue weighted by molar-refractivity contribution is -0.142. The molecule has 0 saturated heterocycles. The zero-order valence-corrected chi connectivity index (χ0v) is 8.77. The molecule has 0 aromatic heterocycles. The SMILES string of the molecule is CCC(N)CC(=O)N[C@@H](CCO)C(=O)O. The van der Waals surface area contributed by atoms with Crippen LogP contribution in [0.25, 0.3) is 0 Å². The molecule has 0 aliphatic carbocycles. The Morgan fingerprint density at radius 3 is 2.47 bits per heavy atom. The molecule has 0 aliphatic heterocycles. The van der Waals surface area contributed by atoms with Gasteiger partial charge >= 0.3 is 5.97 Å². The van der Waals surface area contributed by atoms with Gasteiger partial charge in [0.15, 0.2) is 0 Å². The molecule has 6 heteroatoms. The van der Waals surface area contributed by atoms with Crippen molar-refractivity contribution in [2.45, 2.75) is 38.3 Å². The van der Waals surface area contributed by atoms with Crippen LogP contribution in [0.5, 0.6) is 0 Å². The highest BCUT2D eigenvalue weighted by molar-refractivity contribution is 5.83. The number of carboxylic acid groups (broad SMARTS) is 1. The fourth-order valence-corrected chi connectivity index (χ4v) is 1.02. The number of rotatable bonds is 7. The van der Waals surface area contributed by atoms with Crippen LogP contribution in [0, 0.1) is 0 Å². The summed E-state index contributed by atoms with van der Waals surface area (Å²) >= 11 is 0. The van der Waals surface area contributed by atoms with E-state index in [1.54, 1.807) is 0 Å².